The minimum absolute atomic E-state index is 0.104. The standard InChI is InChI=1S/C14H21N3O2/c1-10-14(19)13(11(9-18)6-17-10)8-15-7-12-4-2-3-5-16-12/h6,8,12,16,18-19H,2-5,7,9H2,1H3. The van der Waals surface area contributed by atoms with Crippen LogP contribution in [-0.4, -0.2) is 40.5 Å². The first-order valence-corrected chi connectivity index (χ1v) is 6.74. The van der Waals surface area contributed by atoms with Gasteiger partial charge in [0.25, 0.3) is 0 Å². The molecule has 0 spiro atoms. The van der Waals surface area contributed by atoms with Crippen molar-refractivity contribution in [2.45, 2.75) is 38.8 Å². The van der Waals surface area contributed by atoms with Gasteiger partial charge in [0.2, 0.25) is 0 Å². The summed E-state index contributed by atoms with van der Waals surface area (Å²) < 4.78 is 0. The normalized spacial score (nSPS) is 20.0. The summed E-state index contributed by atoms with van der Waals surface area (Å²) in [6, 6.07) is 0.424. The molecular formula is C14H21N3O2. The number of aromatic hydroxyl groups is 1. The van der Waals surface area contributed by atoms with E-state index in [4.69, 9.17) is 0 Å². The molecule has 1 unspecified atom stereocenters. The van der Waals surface area contributed by atoms with Gasteiger partial charge in [-0.05, 0) is 26.3 Å². The van der Waals surface area contributed by atoms with Crippen molar-refractivity contribution >= 4 is 6.21 Å². The van der Waals surface area contributed by atoms with Gasteiger partial charge >= 0.3 is 0 Å². The fourth-order valence-electron chi connectivity index (χ4n) is 2.27. The van der Waals surface area contributed by atoms with Crippen LogP contribution in [0.4, 0.5) is 0 Å². The molecule has 1 aromatic heterocycles. The average Bonchev–Trinajstić information content (AvgIpc) is 2.45. The molecule has 1 saturated heterocycles. The first-order chi connectivity index (χ1) is 9.22. The number of piperidine rings is 1. The van der Waals surface area contributed by atoms with Gasteiger partial charge in [-0.1, -0.05) is 6.42 Å². The highest BCUT2D eigenvalue weighted by Crippen LogP contribution is 2.22. The van der Waals surface area contributed by atoms with Gasteiger partial charge in [-0.3, -0.25) is 9.98 Å². The summed E-state index contributed by atoms with van der Waals surface area (Å²) in [5.74, 6) is 0.104. The summed E-state index contributed by atoms with van der Waals surface area (Å²) in [6.07, 6.45) is 6.85. The molecule has 1 aliphatic rings. The van der Waals surface area contributed by atoms with Gasteiger partial charge in [-0.2, -0.15) is 0 Å². The second-order valence-electron chi connectivity index (χ2n) is 4.93. The van der Waals surface area contributed by atoms with Crippen LogP contribution in [0.2, 0.25) is 0 Å². The molecule has 1 fully saturated rings. The lowest BCUT2D eigenvalue weighted by Gasteiger charge is -2.21. The van der Waals surface area contributed by atoms with Crippen LogP contribution in [0, 0.1) is 6.92 Å². The Morgan fingerprint density at radius 3 is 3.05 bits per heavy atom. The van der Waals surface area contributed by atoms with Crippen molar-refractivity contribution in [3.8, 4) is 5.75 Å². The number of pyridine rings is 1. The zero-order valence-electron chi connectivity index (χ0n) is 11.3. The summed E-state index contributed by atoms with van der Waals surface area (Å²) >= 11 is 0. The van der Waals surface area contributed by atoms with Crippen molar-refractivity contribution in [2.75, 3.05) is 13.1 Å². The van der Waals surface area contributed by atoms with E-state index in [9.17, 15) is 10.2 Å². The number of aromatic nitrogens is 1. The van der Waals surface area contributed by atoms with Crippen LogP contribution >= 0.6 is 0 Å². The molecule has 0 aromatic carbocycles. The van der Waals surface area contributed by atoms with Gasteiger partial charge in [0.1, 0.15) is 5.75 Å². The van der Waals surface area contributed by atoms with E-state index in [1.807, 2.05) is 0 Å². The van der Waals surface area contributed by atoms with Crippen LogP contribution in [0.5, 0.6) is 5.75 Å². The van der Waals surface area contributed by atoms with Gasteiger partial charge < -0.3 is 15.5 Å². The molecule has 5 nitrogen and oxygen atoms in total. The largest absolute Gasteiger partial charge is 0.505 e. The van der Waals surface area contributed by atoms with Crippen molar-refractivity contribution in [3.63, 3.8) is 0 Å². The van der Waals surface area contributed by atoms with E-state index in [1.165, 1.54) is 12.8 Å². The summed E-state index contributed by atoms with van der Waals surface area (Å²) in [5, 5.41) is 22.6. The summed E-state index contributed by atoms with van der Waals surface area (Å²) in [4.78, 5) is 8.41. The molecule has 2 heterocycles. The highest BCUT2D eigenvalue weighted by molar-refractivity contribution is 5.85. The SMILES string of the molecule is Cc1ncc(CO)c(C=NCC2CCCCN2)c1O. The minimum atomic E-state index is -0.149. The number of aliphatic hydroxyl groups excluding tert-OH is 1. The van der Waals surface area contributed by atoms with Crippen LogP contribution in [-0.2, 0) is 6.61 Å². The minimum Gasteiger partial charge on any atom is -0.505 e. The predicted molar refractivity (Wildman–Crippen MR) is 74.7 cm³/mol. The lowest BCUT2D eigenvalue weighted by atomic mass is 10.1. The number of aliphatic imine (C=N–C) groups is 1. The number of hydrogen-bond donors (Lipinski definition) is 3. The Kier molecular flexibility index (Phi) is 4.87. The molecule has 0 saturated carbocycles. The Bertz CT molecular complexity index is 454. The second-order valence-corrected chi connectivity index (χ2v) is 4.93. The maximum atomic E-state index is 9.97. The molecule has 2 rings (SSSR count). The van der Waals surface area contributed by atoms with E-state index in [-0.39, 0.29) is 12.4 Å². The molecular weight excluding hydrogens is 242 g/mol. The summed E-state index contributed by atoms with van der Waals surface area (Å²) in [7, 11) is 0. The Labute approximate surface area is 113 Å². The predicted octanol–water partition coefficient (Wildman–Crippen LogP) is 1.15. The fourth-order valence-corrected chi connectivity index (χ4v) is 2.27. The fraction of sp³-hybridized carbons (Fsp3) is 0.571. The number of rotatable bonds is 4. The van der Waals surface area contributed by atoms with E-state index >= 15 is 0 Å². The quantitative estimate of drug-likeness (QED) is 0.712. The van der Waals surface area contributed by atoms with E-state index < -0.39 is 0 Å². The zero-order valence-corrected chi connectivity index (χ0v) is 11.3. The maximum Gasteiger partial charge on any atom is 0.145 e. The maximum absolute atomic E-state index is 9.97. The van der Waals surface area contributed by atoms with Gasteiger partial charge in [-0.25, -0.2) is 0 Å². The number of aryl methyl sites for hydroxylation is 1. The van der Waals surface area contributed by atoms with Crippen molar-refractivity contribution in [2.24, 2.45) is 4.99 Å². The third kappa shape index (κ3) is 3.52. The van der Waals surface area contributed by atoms with Crippen LogP contribution in [0.3, 0.4) is 0 Å². The molecule has 0 aliphatic carbocycles. The van der Waals surface area contributed by atoms with Gasteiger partial charge in [-0.15, -0.1) is 0 Å². The topological polar surface area (TPSA) is 77.7 Å². The molecule has 19 heavy (non-hydrogen) atoms. The molecule has 5 heteroatoms. The zero-order chi connectivity index (χ0) is 13.7. The monoisotopic (exact) mass is 263 g/mol. The van der Waals surface area contributed by atoms with Gasteiger partial charge in [0.15, 0.2) is 0 Å². The second kappa shape index (κ2) is 6.63. The first-order valence-electron chi connectivity index (χ1n) is 6.74. The molecule has 0 radical (unpaired) electrons. The van der Waals surface area contributed by atoms with E-state index in [1.54, 1.807) is 19.3 Å². The number of hydrogen-bond acceptors (Lipinski definition) is 5. The summed E-state index contributed by atoms with van der Waals surface area (Å²) in [6.45, 7) is 3.34. The highest BCUT2D eigenvalue weighted by Gasteiger charge is 2.12. The van der Waals surface area contributed by atoms with E-state index in [2.05, 4.69) is 15.3 Å². The highest BCUT2D eigenvalue weighted by atomic mass is 16.3. The number of nitrogens with one attached hydrogen (secondary N) is 1. The Morgan fingerprint density at radius 2 is 2.37 bits per heavy atom. The lowest BCUT2D eigenvalue weighted by Crippen LogP contribution is -2.36. The van der Waals surface area contributed by atoms with E-state index in [0.717, 1.165) is 13.0 Å². The third-order valence-electron chi connectivity index (χ3n) is 3.49. The molecule has 104 valence electrons. The van der Waals surface area contributed by atoms with Crippen LogP contribution in [0.25, 0.3) is 0 Å². The molecule has 0 amide bonds. The average molecular weight is 263 g/mol. The van der Waals surface area contributed by atoms with Crippen LogP contribution in [0.15, 0.2) is 11.2 Å². The number of nitrogens with zero attached hydrogens (tertiary/aromatic N) is 2. The summed E-state index contributed by atoms with van der Waals surface area (Å²) in [5.41, 5.74) is 1.73. The van der Waals surface area contributed by atoms with Crippen molar-refractivity contribution < 1.29 is 10.2 Å². The van der Waals surface area contributed by atoms with Gasteiger partial charge in [0, 0.05) is 29.6 Å². The third-order valence-corrected chi connectivity index (χ3v) is 3.49. The lowest BCUT2D eigenvalue weighted by molar-refractivity contribution is 0.280. The van der Waals surface area contributed by atoms with Crippen LogP contribution < -0.4 is 5.32 Å². The molecule has 0 bridgehead atoms. The molecule has 1 atom stereocenters. The first kappa shape index (κ1) is 14.0. The molecule has 3 N–H and O–H groups in total. The smallest absolute Gasteiger partial charge is 0.145 e. The number of aliphatic hydroxyl groups is 1. The van der Waals surface area contributed by atoms with Crippen molar-refractivity contribution in [1.29, 1.82) is 0 Å². The van der Waals surface area contributed by atoms with Crippen LogP contribution in [0.1, 0.15) is 36.1 Å². The van der Waals surface area contributed by atoms with E-state index in [0.29, 0.717) is 29.4 Å². The Morgan fingerprint density at radius 1 is 1.53 bits per heavy atom. The Balaban J connectivity index is 2.06. The Hall–Kier alpha value is -1.46. The molecule has 1 aliphatic heterocycles. The molecule has 1 aromatic rings. The van der Waals surface area contributed by atoms with Crippen molar-refractivity contribution in [3.05, 3.63) is 23.0 Å². The van der Waals surface area contributed by atoms with Crippen molar-refractivity contribution in [1.82, 2.24) is 10.3 Å². The van der Waals surface area contributed by atoms with Gasteiger partial charge in [0.05, 0.1) is 18.8 Å².